The first kappa shape index (κ1) is 15.0. The summed E-state index contributed by atoms with van der Waals surface area (Å²) in [6.45, 7) is 2.10. The van der Waals surface area contributed by atoms with E-state index in [2.05, 4.69) is 17.6 Å². The zero-order chi connectivity index (χ0) is 15.0. The fourth-order valence-electron chi connectivity index (χ4n) is 3.97. The summed E-state index contributed by atoms with van der Waals surface area (Å²) >= 11 is 12.0. The summed E-state index contributed by atoms with van der Waals surface area (Å²) in [7, 11) is 0. The van der Waals surface area contributed by atoms with E-state index in [1.807, 2.05) is 0 Å². The van der Waals surface area contributed by atoms with Gasteiger partial charge < -0.3 is 10.6 Å². The maximum atomic E-state index is 12.1. The van der Waals surface area contributed by atoms with Gasteiger partial charge in [0.25, 0.3) is 0 Å². The fourth-order valence-corrected chi connectivity index (χ4v) is 4.31. The first-order valence-corrected chi connectivity index (χ1v) is 8.31. The zero-order valence-electron chi connectivity index (χ0n) is 12.0. The van der Waals surface area contributed by atoms with Crippen molar-refractivity contribution in [3.63, 3.8) is 0 Å². The number of halogens is 2. The number of urea groups is 1. The van der Waals surface area contributed by atoms with Gasteiger partial charge in [0.05, 0.1) is 10.7 Å². The highest BCUT2D eigenvalue weighted by Crippen LogP contribution is 2.49. The standard InChI is InChI=1S/C16H20Cl2N2O/c1-9(13-7-10-2-3-11(13)6-10)19-16(21)20-15-8-12(17)4-5-14(15)18/h4-5,8-11,13H,2-3,6-7H2,1H3,(H2,19,20,21). The van der Waals surface area contributed by atoms with Crippen molar-refractivity contribution in [3.05, 3.63) is 28.2 Å². The summed E-state index contributed by atoms with van der Waals surface area (Å²) in [5.41, 5.74) is 0.543. The normalized spacial score (nSPS) is 28.4. The van der Waals surface area contributed by atoms with Gasteiger partial charge in [0.15, 0.2) is 0 Å². The van der Waals surface area contributed by atoms with Crippen LogP contribution in [0, 0.1) is 17.8 Å². The van der Waals surface area contributed by atoms with Gasteiger partial charge in [0.1, 0.15) is 0 Å². The van der Waals surface area contributed by atoms with Crippen LogP contribution in [-0.2, 0) is 0 Å². The van der Waals surface area contributed by atoms with Crippen LogP contribution >= 0.6 is 23.2 Å². The van der Waals surface area contributed by atoms with E-state index in [9.17, 15) is 4.79 Å². The molecule has 2 N–H and O–H groups in total. The van der Waals surface area contributed by atoms with Gasteiger partial charge in [0.2, 0.25) is 0 Å². The van der Waals surface area contributed by atoms with Crippen LogP contribution in [-0.4, -0.2) is 12.1 Å². The highest BCUT2D eigenvalue weighted by atomic mass is 35.5. The lowest BCUT2D eigenvalue weighted by atomic mass is 9.84. The number of hydrogen-bond acceptors (Lipinski definition) is 1. The molecule has 2 amide bonds. The number of carbonyl (C=O) groups is 1. The highest BCUT2D eigenvalue weighted by Gasteiger charge is 2.42. The van der Waals surface area contributed by atoms with E-state index in [0.29, 0.717) is 21.7 Å². The summed E-state index contributed by atoms with van der Waals surface area (Å²) < 4.78 is 0. The maximum Gasteiger partial charge on any atom is 0.319 e. The van der Waals surface area contributed by atoms with Crippen LogP contribution in [0.3, 0.4) is 0 Å². The number of amides is 2. The number of nitrogens with one attached hydrogen (secondary N) is 2. The monoisotopic (exact) mass is 326 g/mol. The average molecular weight is 327 g/mol. The van der Waals surface area contributed by atoms with Crippen molar-refractivity contribution in [2.24, 2.45) is 17.8 Å². The Morgan fingerprint density at radius 2 is 2.10 bits per heavy atom. The predicted molar refractivity (Wildman–Crippen MR) is 87.0 cm³/mol. The van der Waals surface area contributed by atoms with Crippen molar-refractivity contribution >= 4 is 34.9 Å². The quantitative estimate of drug-likeness (QED) is 0.811. The number of fused-ring (bicyclic) bond motifs is 2. The van der Waals surface area contributed by atoms with Gasteiger partial charge in [0, 0.05) is 11.1 Å². The summed E-state index contributed by atoms with van der Waals surface area (Å²) in [4.78, 5) is 12.1. The van der Waals surface area contributed by atoms with Crippen LogP contribution in [0.25, 0.3) is 0 Å². The minimum atomic E-state index is -0.213. The van der Waals surface area contributed by atoms with E-state index in [-0.39, 0.29) is 12.1 Å². The molecule has 2 saturated carbocycles. The van der Waals surface area contributed by atoms with Crippen LogP contribution in [0.4, 0.5) is 10.5 Å². The fraction of sp³-hybridized carbons (Fsp3) is 0.562. The number of rotatable bonds is 3. The van der Waals surface area contributed by atoms with Crippen molar-refractivity contribution in [2.75, 3.05) is 5.32 Å². The van der Waals surface area contributed by atoms with Crippen LogP contribution in [0.15, 0.2) is 18.2 Å². The molecule has 2 aliphatic rings. The van der Waals surface area contributed by atoms with Gasteiger partial charge in [-0.25, -0.2) is 4.79 Å². The van der Waals surface area contributed by atoms with Crippen molar-refractivity contribution < 1.29 is 4.79 Å². The summed E-state index contributed by atoms with van der Waals surface area (Å²) in [5, 5.41) is 6.87. The molecule has 3 nitrogen and oxygen atoms in total. The van der Waals surface area contributed by atoms with Crippen LogP contribution in [0.5, 0.6) is 0 Å². The van der Waals surface area contributed by atoms with Crippen LogP contribution in [0.2, 0.25) is 10.0 Å². The molecule has 114 valence electrons. The van der Waals surface area contributed by atoms with Gasteiger partial charge in [-0.2, -0.15) is 0 Å². The second-order valence-corrected chi connectivity index (χ2v) is 7.19. The molecule has 1 aromatic rings. The van der Waals surface area contributed by atoms with E-state index >= 15 is 0 Å². The Morgan fingerprint density at radius 3 is 2.76 bits per heavy atom. The lowest BCUT2D eigenvalue weighted by molar-refractivity contribution is 0.230. The molecule has 1 aromatic carbocycles. The predicted octanol–water partition coefficient (Wildman–Crippen LogP) is 4.94. The molecule has 2 aliphatic carbocycles. The van der Waals surface area contributed by atoms with Crippen LogP contribution in [0.1, 0.15) is 32.6 Å². The summed E-state index contributed by atoms with van der Waals surface area (Å²) in [6.07, 6.45) is 5.30. The Morgan fingerprint density at radius 1 is 1.29 bits per heavy atom. The number of benzene rings is 1. The van der Waals surface area contributed by atoms with Gasteiger partial charge in [-0.3, -0.25) is 0 Å². The third-order valence-electron chi connectivity index (χ3n) is 4.97. The van der Waals surface area contributed by atoms with E-state index in [0.717, 1.165) is 11.8 Å². The molecule has 0 saturated heterocycles. The minimum Gasteiger partial charge on any atom is -0.335 e. The Bertz CT molecular complexity index is 549. The second kappa shape index (κ2) is 6.05. The van der Waals surface area contributed by atoms with E-state index < -0.39 is 0 Å². The first-order valence-electron chi connectivity index (χ1n) is 7.55. The average Bonchev–Trinajstić information content (AvgIpc) is 3.05. The Labute approximate surface area is 135 Å². The van der Waals surface area contributed by atoms with Crippen molar-refractivity contribution in [3.8, 4) is 0 Å². The van der Waals surface area contributed by atoms with Gasteiger partial charge >= 0.3 is 6.03 Å². The molecule has 0 heterocycles. The maximum absolute atomic E-state index is 12.1. The Balaban J connectivity index is 1.57. The van der Waals surface area contributed by atoms with Crippen molar-refractivity contribution in [1.29, 1.82) is 0 Å². The molecule has 5 heteroatoms. The molecule has 0 radical (unpaired) electrons. The molecule has 0 aliphatic heterocycles. The highest BCUT2D eigenvalue weighted by molar-refractivity contribution is 6.35. The van der Waals surface area contributed by atoms with Gasteiger partial charge in [-0.05, 0) is 62.1 Å². The van der Waals surface area contributed by atoms with E-state index in [1.54, 1.807) is 18.2 Å². The number of hydrogen-bond donors (Lipinski definition) is 2. The van der Waals surface area contributed by atoms with Gasteiger partial charge in [-0.1, -0.05) is 29.6 Å². The summed E-state index contributed by atoms with van der Waals surface area (Å²) in [5.74, 6) is 2.29. The molecule has 0 aromatic heterocycles. The van der Waals surface area contributed by atoms with Gasteiger partial charge in [-0.15, -0.1) is 0 Å². The molecule has 3 rings (SSSR count). The second-order valence-electron chi connectivity index (χ2n) is 6.35. The molecular formula is C16H20Cl2N2O. The van der Waals surface area contributed by atoms with Crippen molar-refractivity contribution in [1.82, 2.24) is 5.32 Å². The topological polar surface area (TPSA) is 41.1 Å². The van der Waals surface area contributed by atoms with E-state index in [4.69, 9.17) is 23.2 Å². The Kier molecular flexibility index (Phi) is 4.32. The molecule has 0 spiro atoms. The molecule has 2 bridgehead atoms. The SMILES string of the molecule is CC(NC(=O)Nc1cc(Cl)ccc1Cl)C1CC2CCC1C2. The van der Waals surface area contributed by atoms with Crippen molar-refractivity contribution in [2.45, 2.75) is 38.6 Å². The molecule has 21 heavy (non-hydrogen) atoms. The third kappa shape index (κ3) is 3.29. The molecular weight excluding hydrogens is 307 g/mol. The molecule has 2 fully saturated rings. The lowest BCUT2D eigenvalue weighted by Gasteiger charge is -2.28. The lowest BCUT2D eigenvalue weighted by Crippen LogP contribution is -2.42. The molecule has 4 unspecified atom stereocenters. The summed E-state index contributed by atoms with van der Waals surface area (Å²) in [6, 6.07) is 5.02. The third-order valence-corrected chi connectivity index (χ3v) is 5.54. The smallest absolute Gasteiger partial charge is 0.319 e. The zero-order valence-corrected chi connectivity index (χ0v) is 13.5. The van der Waals surface area contributed by atoms with E-state index in [1.165, 1.54) is 25.7 Å². The largest absolute Gasteiger partial charge is 0.335 e. The Hall–Kier alpha value is -0.930. The first-order chi connectivity index (χ1) is 10.0. The van der Waals surface area contributed by atoms with Crippen LogP contribution < -0.4 is 10.6 Å². The molecule has 4 atom stereocenters. The number of anilines is 1. The number of carbonyl (C=O) groups excluding carboxylic acids is 1. The minimum absolute atomic E-state index is 0.193.